The van der Waals surface area contributed by atoms with E-state index in [4.69, 9.17) is 27.9 Å². The summed E-state index contributed by atoms with van der Waals surface area (Å²) in [6, 6.07) is 21.1. The number of esters is 1. The summed E-state index contributed by atoms with van der Waals surface area (Å²) < 4.78 is 5.82. The van der Waals surface area contributed by atoms with E-state index in [1.54, 1.807) is 18.2 Å². The second-order valence-corrected chi connectivity index (χ2v) is 6.80. The van der Waals surface area contributed by atoms with Crippen molar-refractivity contribution in [2.75, 3.05) is 0 Å². The van der Waals surface area contributed by atoms with Crippen LogP contribution in [-0.4, -0.2) is 5.97 Å². The third-order valence-electron chi connectivity index (χ3n) is 4.38. The fourth-order valence-electron chi connectivity index (χ4n) is 3.23. The molecule has 0 fully saturated rings. The van der Waals surface area contributed by atoms with E-state index in [-0.39, 0.29) is 18.5 Å². The van der Waals surface area contributed by atoms with Crippen LogP contribution < -0.4 is 0 Å². The molecular formula is C21H14Cl2O2. The highest BCUT2D eigenvalue weighted by Crippen LogP contribution is 2.45. The van der Waals surface area contributed by atoms with Crippen LogP contribution in [0.4, 0.5) is 0 Å². The van der Waals surface area contributed by atoms with Crippen molar-refractivity contribution in [1.29, 1.82) is 0 Å². The summed E-state index contributed by atoms with van der Waals surface area (Å²) in [6.07, 6.45) is -0.275. The number of ether oxygens (including phenoxy) is 1. The van der Waals surface area contributed by atoms with Gasteiger partial charge in [0.15, 0.2) is 6.10 Å². The predicted octanol–water partition coefficient (Wildman–Crippen LogP) is 5.85. The van der Waals surface area contributed by atoms with Gasteiger partial charge in [-0.25, -0.2) is 0 Å². The number of carbonyl (C=O) groups excluding carboxylic acids is 1. The molecule has 124 valence electrons. The Morgan fingerprint density at radius 1 is 0.880 bits per heavy atom. The number of carbonyl (C=O) groups is 1. The lowest BCUT2D eigenvalue weighted by Gasteiger charge is -2.15. The van der Waals surface area contributed by atoms with Crippen LogP contribution in [0.5, 0.6) is 0 Å². The van der Waals surface area contributed by atoms with Crippen molar-refractivity contribution >= 4 is 29.2 Å². The van der Waals surface area contributed by atoms with E-state index >= 15 is 0 Å². The molecule has 0 saturated heterocycles. The number of hydrogen-bond donors (Lipinski definition) is 0. The summed E-state index contributed by atoms with van der Waals surface area (Å²) in [5, 5.41) is 1.01. The summed E-state index contributed by atoms with van der Waals surface area (Å²) in [4.78, 5) is 12.5. The standard InChI is InChI=1S/C21H14Cl2O2/c22-14-10-9-13(19(23)12-14)11-20(24)25-21-17-7-3-1-5-15(17)16-6-2-4-8-18(16)21/h1-10,12,21H,11H2. The summed E-state index contributed by atoms with van der Waals surface area (Å²) in [5.41, 5.74) is 4.95. The van der Waals surface area contributed by atoms with Gasteiger partial charge in [-0.05, 0) is 28.8 Å². The smallest absolute Gasteiger partial charge is 0.311 e. The zero-order chi connectivity index (χ0) is 17.4. The second-order valence-electron chi connectivity index (χ2n) is 5.96. The van der Waals surface area contributed by atoms with E-state index in [2.05, 4.69) is 12.1 Å². The van der Waals surface area contributed by atoms with Crippen molar-refractivity contribution < 1.29 is 9.53 Å². The van der Waals surface area contributed by atoms with Gasteiger partial charge in [0, 0.05) is 21.2 Å². The van der Waals surface area contributed by atoms with Crippen LogP contribution in [0.3, 0.4) is 0 Å². The number of hydrogen-bond acceptors (Lipinski definition) is 2. The minimum atomic E-state index is -0.383. The molecule has 0 aliphatic heterocycles. The highest BCUT2D eigenvalue weighted by Gasteiger charge is 2.31. The Kier molecular flexibility index (Phi) is 4.24. The van der Waals surface area contributed by atoms with Crippen LogP contribution in [0.25, 0.3) is 11.1 Å². The molecule has 1 aliphatic rings. The van der Waals surface area contributed by atoms with E-state index in [0.717, 1.165) is 22.3 Å². The van der Waals surface area contributed by atoms with E-state index < -0.39 is 0 Å². The summed E-state index contributed by atoms with van der Waals surface area (Å²) in [6.45, 7) is 0. The molecule has 3 aromatic rings. The zero-order valence-electron chi connectivity index (χ0n) is 13.2. The molecular weight excluding hydrogens is 355 g/mol. The molecule has 4 rings (SSSR count). The lowest BCUT2D eigenvalue weighted by Crippen LogP contribution is -2.13. The highest BCUT2D eigenvalue weighted by molar-refractivity contribution is 6.35. The van der Waals surface area contributed by atoms with E-state index in [0.29, 0.717) is 15.6 Å². The molecule has 0 atom stereocenters. The molecule has 25 heavy (non-hydrogen) atoms. The Hall–Kier alpha value is -2.29. The van der Waals surface area contributed by atoms with Gasteiger partial charge in [-0.1, -0.05) is 77.8 Å². The lowest BCUT2D eigenvalue weighted by molar-refractivity contribution is -0.146. The fourth-order valence-corrected chi connectivity index (χ4v) is 3.71. The highest BCUT2D eigenvalue weighted by atomic mass is 35.5. The van der Waals surface area contributed by atoms with Crippen molar-refractivity contribution in [3.05, 3.63) is 93.5 Å². The molecule has 0 saturated carbocycles. The van der Waals surface area contributed by atoms with Crippen molar-refractivity contribution in [1.82, 2.24) is 0 Å². The van der Waals surface area contributed by atoms with Gasteiger partial charge in [-0.3, -0.25) is 4.79 Å². The Bertz CT molecular complexity index is 920. The third kappa shape index (κ3) is 3.04. The Balaban J connectivity index is 1.61. The third-order valence-corrected chi connectivity index (χ3v) is 4.96. The van der Waals surface area contributed by atoms with Crippen molar-refractivity contribution in [2.24, 2.45) is 0 Å². The Morgan fingerprint density at radius 2 is 1.48 bits per heavy atom. The van der Waals surface area contributed by atoms with Crippen LogP contribution in [0, 0.1) is 0 Å². The maximum atomic E-state index is 12.5. The summed E-state index contributed by atoms with van der Waals surface area (Å²) in [7, 11) is 0. The van der Waals surface area contributed by atoms with Crippen LogP contribution in [0.15, 0.2) is 66.7 Å². The van der Waals surface area contributed by atoms with E-state index in [1.165, 1.54) is 0 Å². The molecule has 1 aliphatic carbocycles. The molecule has 0 radical (unpaired) electrons. The van der Waals surface area contributed by atoms with Gasteiger partial charge >= 0.3 is 5.97 Å². The molecule has 0 amide bonds. The number of fused-ring (bicyclic) bond motifs is 3. The predicted molar refractivity (Wildman–Crippen MR) is 100.0 cm³/mol. The minimum absolute atomic E-state index is 0.108. The Labute approximate surface area is 156 Å². The van der Waals surface area contributed by atoms with Crippen LogP contribution in [-0.2, 0) is 16.0 Å². The van der Waals surface area contributed by atoms with Gasteiger partial charge < -0.3 is 4.74 Å². The zero-order valence-corrected chi connectivity index (χ0v) is 14.7. The second kappa shape index (κ2) is 6.55. The van der Waals surface area contributed by atoms with Gasteiger partial charge in [-0.2, -0.15) is 0 Å². The van der Waals surface area contributed by atoms with Crippen molar-refractivity contribution in [3.8, 4) is 11.1 Å². The summed E-state index contributed by atoms with van der Waals surface area (Å²) >= 11 is 12.1. The van der Waals surface area contributed by atoms with Gasteiger partial charge in [0.1, 0.15) is 0 Å². The quantitative estimate of drug-likeness (QED) is 0.542. The van der Waals surface area contributed by atoms with Crippen LogP contribution in [0.2, 0.25) is 10.0 Å². The van der Waals surface area contributed by atoms with Gasteiger partial charge in [0.05, 0.1) is 6.42 Å². The summed E-state index contributed by atoms with van der Waals surface area (Å²) in [5.74, 6) is -0.319. The topological polar surface area (TPSA) is 26.3 Å². The van der Waals surface area contributed by atoms with Crippen LogP contribution in [0.1, 0.15) is 22.8 Å². The molecule has 0 N–H and O–H groups in total. The number of rotatable bonds is 3. The SMILES string of the molecule is O=C(Cc1ccc(Cl)cc1Cl)OC1c2ccccc2-c2ccccc21. The first-order valence-electron chi connectivity index (χ1n) is 7.95. The molecule has 0 heterocycles. The maximum Gasteiger partial charge on any atom is 0.311 e. The molecule has 3 aromatic carbocycles. The molecule has 4 heteroatoms. The molecule has 0 unspecified atom stereocenters. The Morgan fingerprint density at radius 3 is 2.08 bits per heavy atom. The molecule has 0 bridgehead atoms. The lowest BCUT2D eigenvalue weighted by atomic mass is 10.1. The maximum absolute atomic E-state index is 12.5. The molecule has 0 aromatic heterocycles. The first kappa shape index (κ1) is 16.2. The minimum Gasteiger partial charge on any atom is -0.452 e. The first-order chi connectivity index (χ1) is 12.1. The van der Waals surface area contributed by atoms with Gasteiger partial charge in [0.2, 0.25) is 0 Å². The average molecular weight is 369 g/mol. The number of benzene rings is 3. The van der Waals surface area contributed by atoms with Gasteiger partial charge in [0.25, 0.3) is 0 Å². The van der Waals surface area contributed by atoms with Crippen molar-refractivity contribution in [2.45, 2.75) is 12.5 Å². The largest absolute Gasteiger partial charge is 0.452 e. The number of halogens is 2. The first-order valence-corrected chi connectivity index (χ1v) is 8.71. The molecule has 0 spiro atoms. The fraction of sp³-hybridized carbons (Fsp3) is 0.0952. The normalized spacial score (nSPS) is 12.6. The average Bonchev–Trinajstić information content (AvgIpc) is 2.92. The van der Waals surface area contributed by atoms with Crippen molar-refractivity contribution in [3.63, 3.8) is 0 Å². The van der Waals surface area contributed by atoms with E-state index in [9.17, 15) is 4.79 Å². The van der Waals surface area contributed by atoms with E-state index in [1.807, 2.05) is 36.4 Å². The monoisotopic (exact) mass is 368 g/mol. The van der Waals surface area contributed by atoms with Gasteiger partial charge in [-0.15, -0.1) is 0 Å². The molecule has 2 nitrogen and oxygen atoms in total. The van der Waals surface area contributed by atoms with Crippen LogP contribution >= 0.6 is 23.2 Å².